The lowest BCUT2D eigenvalue weighted by atomic mass is 9.80. The normalized spacial score (nSPS) is 18.2. The molecule has 1 fully saturated rings. The van der Waals surface area contributed by atoms with Crippen LogP contribution in [0.3, 0.4) is 0 Å². The van der Waals surface area contributed by atoms with E-state index in [4.69, 9.17) is 6.42 Å². The summed E-state index contributed by atoms with van der Waals surface area (Å²) in [5.41, 5.74) is 2.18. The van der Waals surface area contributed by atoms with E-state index in [0.29, 0.717) is 6.54 Å². The molecule has 0 spiro atoms. The van der Waals surface area contributed by atoms with Crippen LogP contribution in [0.4, 0.5) is 0 Å². The van der Waals surface area contributed by atoms with Gasteiger partial charge in [0.05, 0.1) is 12.1 Å². The average Bonchev–Trinajstić information content (AvgIpc) is 2.41. The summed E-state index contributed by atoms with van der Waals surface area (Å²) in [5, 5.41) is 3.18. The van der Waals surface area contributed by atoms with Crippen LogP contribution >= 0.6 is 0 Å². The highest BCUT2D eigenvalue weighted by molar-refractivity contribution is 5.74. The van der Waals surface area contributed by atoms with Gasteiger partial charge < -0.3 is 5.32 Å². The first-order chi connectivity index (χ1) is 9.55. The third-order valence-electron chi connectivity index (χ3n) is 4.04. The molecule has 0 bridgehead atoms. The number of amides is 1. The van der Waals surface area contributed by atoms with Crippen LogP contribution in [0.25, 0.3) is 0 Å². The molecule has 1 amide bonds. The maximum Gasteiger partial charge on any atom is 0.217 e. The number of benzene rings is 1. The molecule has 0 aromatic heterocycles. The minimum absolute atomic E-state index is 0.0241. The van der Waals surface area contributed by atoms with E-state index in [-0.39, 0.29) is 11.4 Å². The Labute approximate surface area is 121 Å². The number of carbonyl (C=O) groups excluding carboxylic acids is 1. The summed E-state index contributed by atoms with van der Waals surface area (Å²) >= 11 is 0. The van der Waals surface area contributed by atoms with Crippen molar-refractivity contribution >= 4 is 5.91 Å². The number of nitrogens with zero attached hydrogens (tertiary/aromatic N) is 1. The predicted molar refractivity (Wildman–Crippen MR) is 81.2 cm³/mol. The fourth-order valence-electron chi connectivity index (χ4n) is 2.92. The van der Waals surface area contributed by atoms with E-state index in [1.165, 1.54) is 11.1 Å². The van der Waals surface area contributed by atoms with E-state index in [9.17, 15) is 4.79 Å². The summed E-state index contributed by atoms with van der Waals surface area (Å²) in [7, 11) is 0. The number of rotatable bonds is 3. The van der Waals surface area contributed by atoms with Crippen LogP contribution in [-0.2, 0) is 10.3 Å². The lowest BCUT2D eigenvalue weighted by Crippen LogP contribution is -2.52. The summed E-state index contributed by atoms with van der Waals surface area (Å²) in [6.45, 7) is 6.18. The molecule has 2 rings (SSSR count). The van der Waals surface area contributed by atoms with Gasteiger partial charge in [0, 0.05) is 20.0 Å². The Bertz CT molecular complexity index is 505. The molecular weight excluding hydrogens is 248 g/mol. The van der Waals surface area contributed by atoms with Crippen LogP contribution in [0, 0.1) is 19.3 Å². The fourth-order valence-corrected chi connectivity index (χ4v) is 2.92. The zero-order valence-electron chi connectivity index (χ0n) is 12.3. The molecular formula is C17H22N2O. The second-order valence-corrected chi connectivity index (χ2v) is 5.61. The Kier molecular flexibility index (Phi) is 4.46. The van der Waals surface area contributed by atoms with Gasteiger partial charge >= 0.3 is 0 Å². The minimum Gasteiger partial charge on any atom is -0.347 e. The highest BCUT2D eigenvalue weighted by atomic mass is 16.1. The molecule has 3 heteroatoms. The lowest BCUT2D eigenvalue weighted by Gasteiger charge is -2.42. The molecule has 0 unspecified atom stereocenters. The molecule has 0 aliphatic carbocycles. The zero-order chi connectivity index (χ0) is 14.6. The summed E-state index contributed by atoms with van der Waals surface area (Å²) < 4.78 is 0. The number of likely N-dealkylation sites (tertiary alicyclic amines) is 1. The van der Waals surface area contributed by atoms with Gasteiger partial charge in [-0.2, -0.15) is 0 Å². The maximum absolute atomic E-state index is 11.6. The van der Waals surface area contributed by atoms with Crippen LogP contribution in [-0.4, -0.2) is 30.4 Å². The van der Waals surface area contributed by atoms with Crippen molar-refractivity contribution in [1.82, 2.24) is 10.2 Å². The molecule has 106 valence electrons. The topological polar surface area (TPSA) is 32.3 Å². The van der Waals surface area contributed by atoms with Crippen molar-refractivity contribution in [1.29, 1.82) is 0 Å². The second kappa shape index (κ2) is 6.11. The summed E-state index contributed by atoms with van der Waals surface area (Å²) in [4.78, 5) is 13.9. The number of hydrogen-bond donors (Lipinski definition) is 1. The van der Waals surface area contributed by atoms with Crippen molar-refractivity contribution in [2.75, 3.05) is 19.6 Å². The molecule has 20 heavy (non-hydrogen) atoms. The van der Waals surface area contributed by atoms with E-state index in [2.05, 4.69) is 47.3 Å². The number of hydrogen-bond acceptors (Lipinski definition) is 2. The van der Waals surface area contributed by atoms with Crippen molar-refractivity contribution in [2.45, 2.75) is 32.2 Å². The summed E-state index contributed by atoms with van der Waals surface area (Å²) in [6.07, 6.45) is 7.17. The summed E-state index contributed by atoms with van der Waals surface area (Å²) in [6, 6.07) is 8.46. The Hall–Kier alpha value is -1.79. The third-order valence-corrected chi connectivity index (χ3v) is 4.04. The molecule has 1 aliphatic heterocycles. The van der Waals surface area contributed by atoms with Gasteiger partial charge in [-0.15, -0.1) is 6.42 Å². The van der Waals surface area contributed by atoms with Gasteiger partial charge in [-0.05, 0) is 25.3 Å². The standard InChI is InChI=1S/C17H22N2O/c1-4-11-19-12-9-17(10-13-19,18-15(3)20)16-7-5-14(2)6-8-16/h1,5-8H,9-13H2,2-3H3,(H,18,20). The number of carbonyl (C=O) groups is 1. The SMILES string of the molecule is C#CCN1CCC(NC(C)=O)(c2ccc(C)cc2)CC1. The van der Waals surface area contributed by atoms with Crippen LogP contribution < -0.4 is 5.32 Å². The quantitative estimate of drug-likeness (QED) is 0.853. The molecule has 1 heterocycles. The fraction of sp³-hybridized carbons (Fsp3) is 0.471. The molecule has 0 atom stereocenters. The highest BCUT2D eigenvalue weighted by Gasteiger charge is 2.36. The molecule has 1 saturated heterocycles. The molecule has 0 radical (unpaired) electrons. The molecule has 0 saturated carbocycles. The number of piperidine rings is 1. The minimum atomic E-state index is -0.245. The average molecular weight is 270 g/mol. The largest absolute Gasteiger partial charge is 0.347 e. The van der Waals surface area contributed by atoms with Gasteiger partial charge in [0.2, 0.25) is 5.91 Å². The first-order valence-corrected chi connectivity index (χ1v) is 7.07. The predicted octanol–water partition coefficient (Wildman–Crippen LogP) is 2.06. The van der Waals surface area contributed by atoms with Gasteiger partial charge in [0.15, 0.2) is 0 Å². The highest BCUT2D eigenvalue weighted by Crippen LogP contribution is 2.33. The zero-order valence-corrected chi connectivity index (χ0v) is 12.3. The first kappa shape index (κ1) is 14.6. The lowest BCUT2D eigenvalue weighted by molar-refractivity contribution is -0.121. The number of aryl methyl sites for hydroxylation is 1. The Morgan fingerprint density at radius 3 is 2.45 bits per heavy atom. The van der Waals surface area contributed by atoms with Gasteiger partial charge in [0.1, 0.15) is 0 Å². The van der Waals surface area contributed by atoms with E-state index >= 15 is 0 Å². The van der Waals surface area contributed by atoms with Crippen LogP contribution in [0.1, 0.15) is 30.9 Å². The molecule has 3 nitrogen and oxygen atoms in total. The summed E-state index contributed by atoms with van der Waals surface area (Å²) in [5.74, 6) is 2.72. The van der Waals surface area contributed by atoms with Gasteiger partial charge in [-0.1, -0.05) is 35.7 Å². The van der Waals surface area contributed by atoms with Crippen molar-refractivity contribution < 1.29 is 4.79 Å². The number of nitrogens with one attached hydrogen (secondary N) is 1. The Balaban J connectivity index is 2.22. The number of terminal acetylenes is 1. The smallest absolute Gasteiger partial charge is 0.217 e. The van der Waals surface area contributed by atoms with E-state index < -0.39 is 0 Å². The van der Waals surface area contributed by atoms with Crippen molar-refractivity contribution in [2.24, 2.45) is 0 Å². The van der Waals surface area contributed by atoms with Crippen LogP contribution in [0.5, 0.6) is 0 Å². The van der Waals surface area contributed by atoms with E-state index in [1.807, 2.05) is 0 Å². The Morgan fingerprint density at radius 1 is 1.35 bits per heavy atom. The molecule has 1 N–H and O–H groups in total. The molecule has 1 aromatic rings. The van der Waals surface area contributed by atoms with Crippen LogP contribution in [0.2, 0.25) is 0 Å². The van der Waals surface area contributed by atoms with Crippen molar-refractivity contribution in [3.05, 3.63) is 35.4 Å². The van der Waals surface area contributed by atoms with E-state index in [0.717, 1.165) is 25.9 Å². The monoisotopic (exact) mass is 270 g/mol. The third kappa shape index (κ3) is 3.20. The molecule has 1 aliphatic rings. The molecule has 1 aromatic carbocycles. The van der Waals surface area contributed by atoms with Crippen LogP contribution in [0.15, 0.2) is 24.3 Å². The Morgan fingerprint density at radius 2 is 1.95 bits per heavy atom. The van der Waals surface area contributed by atoms with Crippen molar-refractivity contribution in [3.8, 4) is 12.3 Å². The van der Waals surface area contributed by atoms with Gasteiger partial charge in [-0.25, -0.2) is 0 Å². The van der Waals surface area contributed by atoms with Gasteiger partial charge in [0.25, 0.3) is 0 Å². The van der Waals surface area contributed by atoms with E-state index in [1.54, 1.807) is 6.92 Å². The first-order valence-electron chi connectivity index (χ1n) is 7.07. The van der Waals surface area contributed by atoms with Gasteiger partial charge in [-0.3, -0.25) is 9.69 Å². The maximum atomic E-state index is 11.6. The second-order valence-electron chi connectivity index (χ2n) is 5.61. The van der Waals surface area contributed by atoms with Crippen molar-refractivity contribution in [3.63, 3.8) is 0 Å².